The summed E-state index contributed by atoms with van der Waals surface area (Å²) < 4.78 is 0. The molecule has 0 bridgehead atoms. The first-order chi connectivity index (χ1) is 11.5. The summed E-state index contributed by atoms with van der Waals surface area (Å²) in [5.74, 6) is -0.0692. The van der Waals surface area contributed by atoms with Gasteiger partial charge >= 0.3 is 0 Å². The molecule has 2 atom stereocenters. The Bertz CT molecular complexity index is 759. The number of nitrogens with zero attached hydrogens (tertiary/aromatic N) is 3. The van der Waals surface area contributed by atoms with E-state index in [1.807, 2.05) is 11.8 Å². The fraction of sp³-hybridized carbons (Fsp3) is 0.375. The van der Waals surface area contributed by atoms with Crippen LogP contribution in [-0.2, 0) is 0 Å². The third kappa shape index (κ3) is 3.15. The first-order valence-electron chi connectivity index (χ1n) is 7.72. The standard InChI is InChI=1S/C16H18N4O3S/c1-10-11(2)19(8-7-17-10)16(21)14-9-24-15(18-14)12-3-5-13(6-4-12)20(22)23/h3-6,9-11,17H,7-8H2,1-2H3. The van der Waals surface area contributed by atoms with Gasteiger partial charge in [-0.1, -0.05) is 0 Å². The Kier molecular flexibility index (Phi) is 4.59. The molecule has 1 aromatic heterocycles. The number of carbonyl (C=O) groups excluding carboxylic acids is 1. The van der Waals surface area contributed by atoms with E-state index < -0.39 is 4.92 Å². The van der Waals surface area contributed by atoms with E-state index in [-0.39, 0.29) is 23.7 Å². The molecule has 1 fully saturated rings. The Morgan fingerprint density at radius 2 is 2.08 bits per heavy atom. The number of nitro groups is 1. The van der Waals surface area contributed by atoms with Crippen molar-refractivity contribution in [2.75, 3.05) is 13.1 Å². The molecule has 8 heteroatoms. The Morgan fingerprint density at radius 3 is 2.75 bits per heavy atom. The highest BCUT2D eigenvalue weighted by Gasteiger charge is 2.29. The topological polar surface area (TPSA) is 88.4 Å². The van der Waals surface area contributed by atoms with Crippen molar-refractivity contribution < 1.29 is 9.72 Å². The number of benzene rings is 1. The number of amides is 1. The highest BCUT2D eigenvalue weighted by Crippen LogP contribution is 2.26. The molecule has 1 aromatic carbocycles. The van der Waals surface area contributed by atoms with Gasteiger partial charge in [-0.25, -0.2) is 4.98 Å². The van der Waals surface area contributed by atoms with Crippen molar-refractivity contribution in [3.8, 4) is 10.6 Å². The number of carbonyl (C=O) groups is 1. The van der Waals surface area contributed by atoms with Crippen LogP contribution in [0.3, 0.4) is 0 Å². The SMILES string of the molecule is CC1NCCN(C(=O)c2csc(-c3ccc([N+](=O)[O-])cc3)n2)C1C. The number of aromatic nitrogens is 1. The molecule has 0 saturated carbocycles. The summed E-state index contributed by atoms with van der Waals surface area (Å²) in [6, 6.07) is 6.55. The summed E-state index contributed by atoms with van der Waals surface area (Å²) in [6.07, 6.45) is 0. The van der Waals surface area contributed by atoms with Gasteiger partial charge in [0.15, 0.2) is 0 Å². The summed E-state index contributed by atoms with van der Waals surface area (Å²) in [5, 5.41) is 16.5. The quantitative estimate of drug-likeness (QED) is 0.681. The van der Waals surface area contributed by atoms with Gasteiger partial charge in [0.2, 0.25) is 0 Å². The van der Waals surface area contributed by atoms with Crippen LogP contribution in [0.5, 0.6) is 0 Å². The van der Waals surface area contributed by atoms with Crippen LogP contribution in [0.1, 0.15) is 24.3 Å². The van der Waals surface area contributed by atoms with Gasteiger partial charge in [0.1, 0.15) is 10.7 Å². The number of non-ortho nitro benzene ring substituents is 1. The van der Waals surface area contributed by atoms with Crippen LogP contribution in [-0.4, -0.2) is 45.9 Å². The van der Waals surface area contributed by atoms with Crippen LogP contribution in [0.4, 0.5) is 5.69 Å². The molecular formula is C16H18N4O3S. The van der Waals surface area contributed by atoms with E-state index in [1.54, 1.807) is 17.5 Å². The molecule has 2 unspecified atom stereocenters. The molecule has 2 heterocycles. The summed E-state index contributed by atoms with van der Waals surface area (Å²) in [4.78, 5) is 29.2. The highest BCUT2D eigenvalue weighted by molar-refractivity contribution is 7.13. The average Bonchev–Trinajstić information content (AvgIpc) is 3.07. The predicted molar refractivity (Wildman–Crippen MR) is 92.2 cm³/mol. The maximum absolute atomic E-state index is 12.7. The minimum Gasteiger partial charge on any atom is -0.332 e. The van der Waals surface area contributed by atoms with Crippen molar-refractivity contribution in [2.45, 2.75) is 25.9 Å². The van der Waals surface area contributed by atoms with Gasteiger partial charge in [-0.3, -0.25) is 14.9 Å². The number of thiazole rings is 1. The highest BCUT2D eigenvalue weighted by atomic mass is 32.1. The van der Waals surface area contributed by atoms with Crippen molar-refractivity contribution >= 4 is 22.9 Å². The van der Waals surface area contributed by atoms with Gasteiger partial charge in [0, 0.05) is 48.2 Å². The van der Waals surface area contributed by atoms with Crippen LogP contribution >= 0.6 is 11.3 Å². The lowest BCUT2D eigenvalue weighted by Gasteiger charge is -2.38. The van der Waals surface area contributed by atoms with Crippen LogP contribution in [0.2, 0.25) is 0 Å². The molecule has 2 aromatic rings. The van der Waals surface area contributed by atoms with Crippen molar-refractivity contribution in [1.29, 1.82) is 0 Å². The predicted octanol–water partition coefficient (Wildman–Crippen LogP) is 2.54. The number of nitro benzene ring substituents is 1. The second kappa shape index (κ2) is 6.66. The molecule has 1 amide bonds. The van der Waals surface area contributed by atoms with Gasteiger partial charge < -0.3 is 10.2 Å². The van der Waals surface area contributed by atoms with E-state index in [9.17, 15) is 14.9 Å². The van der Waals surface area contributed by atoms with Gasteiger partial charge in [-0.05, 0) is 26.0 Å². The van der Waals surface area contributed by atoms with Gasteiger partial charge in [0.25, 0.3) is 11.6 Å². The molecule has 7 nitrogen and oxygen atoms in total. The van der Waals surface area contributed by atoms with Gasteiger partial charge in [0.05, 0.1) is 4.92 Å². The van der Waals surface area contributed by atoms with E-state index >= 15 is 0 Å². The Labute approximate surface area is 143 Å². The van der Waals surface area contributed by atoms with Crippen LogP contribution < -0.4 is 5.32 Å². The smallest absolute Gasteiger partial charge is 0.273 e. The van der Waals surface area contributed by atoms with E-state index in [4.69, 9.17) is 0 Å². The lowest BCUT2D eigenvalue weighted by atomic mass is 10.1. The number of hydrogen-bond acceptors (Lipinski definition) is 6. The van der Waals surface area contributed by atoms with Gasteiger partial charge in [-0.15, -0.1) is 11.3 Å². The van der Waals surface area contributed by atoms with E-state index in [0.717, 1.165) is 12.1 Å². The van der Waals surface area contributed by atoms with Crippen LogP contribution in [0.25, 0.3) is 10.6 Å². The zero-order valence-electron chi connectivity index (χ0n) is 13.4. The largest absolute Gasteiger partial charge is 0.332 e. The molecule has 0 spiro atoms. The second-order valence-electron chi connectivity index (χ2n) is 5.82. The molecule has 24 heavy (non-hydrogen) atoms. The molecule has 1 aliphatic rings. The maximum atomic E-state index is 12.7. The third-order valence-electron chi connectivity index (χ3n) is 4.34. The monoisotopic (exact) mass is 346 g/mol. The second-order valence-corrected chi connectivity index (χ2v) is 6.68. The van der Waals surface area contributed by atoms with E-state index in [1.165, 1.54) is 23.5 Å². The molecule has 1 N–H and O–H groups in total. The Balaban J connectivity index is 1.79. The number of nitrogens with one attached hydrogen (secondary N) is 1. The third-order valence-corrected chi connectivity index (χ3v) is 5.23. The van der Waals surface area contributed by atoms with E-state index in [2.05, 4.69) is 17.2 Å². The maximum Gasteiger partial charge on any atom is 0.273 e. The Hall–Kier alpha value is -2.32. The van der Waals surface area contributed by atoms with Crippen molar-refractivity contribution in [1.82, 2.24) is 15.2 Å². The lowest BCUT2D eigenvalue weighted by Crippen LogP contribution is -2.57. The van der Waals surface area contributed by atoms with Gasteiger partial charge in [-0.2, -0.15) is 0 Å². The summed E-state index contributed by atoms with van der Waals surface area (Å²) in [6.45, 7) is 5.52. The van der Waals surface area contributed by atoms with Crippen molar-refractivity contribution in [2.24, 2.45) is 0 Å². The van der Waals surface area contributed by atoms with Crippen LogP contribution in [0, 0.1) is 10.1 Å². The number of hydrogen-bond donors (Lipinski definition) is 1. The molecule has 0 radical (unpaired) electrons. The number of piperazine rings is 1. The van der Waals surface area contributed by atoms with E-state index in [0.29, 0.717) is 17.2 Å². The molecule has 3 rings (SSSR count). The van der Waals surface area contributed by atoms with Crippen LogP contribution in [0.15, 0.2) is 29.6 Å². The fourth-order valence-corrected chi connectivity index (χ4v) is 3.52. The Morgan fingerprint density at radius 1 is 1.38 bits per heavy atom. The fourth-order valence-electron chi connectivity index (χ4n) is 2.72. The van der Waals surface area contributed by atoms with Crippen molar-refractivity contribution in [3.05, 3.63) is 45.5 Å². The minimum atomic E-state index is -0.437. The normalized spacial score (nSPS) is 20.8. The molecule has 1 aliphatic heterocycles. The lowest BCUT2D eigenvalue weighted by molar-refractivity contribution is -0.384. The molecular weight excluding hydrogens is 328 g/mol. The molecule has 126 valence electrons. The summed E-state index contributed by atoms with van der Waals surface area (Å²) in [7, 11) is 0. The summed E-state index contributed by atoms with van der Waals surface area (Å²) >= 11 is 1.37. The minimum absolute atomic E-state index is 0.0373. The number of rotatable bonds is 3. The average molecular weight is 346 g/mol. The first-order valence-corrected chi connectivity index (χ1v) is 8.60. The molecule has 0 aliphatic carbocycles. The molecule has 1 saturated heterocycles. The van der Waals surface area contributed by atoms with Crippen molar-refractivity contribution in [3.63, 3.8) is 0 Å². The summed E-state index contributed by atoms with van der Waals surface area (Å²) in [5.41, 5.74) is 1.23. The zero-order valence-corrected chi connectivity index (χ0v) is 14.2. The first kappa shape index (κ1) is 16.5. The zero-order chi connectivity index (χ0) is 17.3.